The second-order valence-corrected chi connectivity index (χ2v) is 9.52. The summed E-state index contributed by atoms with van der Waals surface area (Å²) in [7, 11) is -3.47. The standard InChI is InChI=1S/C20H32N2O4S/c21-27(23,24)17-10-20(8-15-25-16-9-20)18-4-6-19(7-5-18)26-14-3-13-22-11-1-2-12-22/h4-7H,1-3,8-17H2,(H2,21,23,24). The highest BCUT2D eigenvalue weighted by Crippen LogP contribution is 2.38. The third kappa shape index (κ3) is 6.17. The molecule has 6 nitrogen and oxygen atoms in total. The van der Waals surface area contributed by atoms with Gasteiger partial charge in [-0.05, 0) is 69.3 Å². The molecule has 2 fully saturated rings. The summed E-state index contributed by atoms with van der Waals surface area (Å²) in [6.07, 6.45) is 5.85. The van der Waals surface area contributed by atoms with Crippen LogP contribution in [0.5, 0.6) is 5.75 Å². The Labute approximate surface area is 163 Å². The predicted molar refractivity (Wildman–Crippen MR) is 107 cm³/mol. The number of rotatable bonds is 9. The second-order valence-electron chi connectivity index (χ2n) is 7.78. The van der Waals surface area contributed by atoms with Crippen LogP contribution in [-0.4, -0.2) is 58.5 Å². The Kier molecular flexibility index (Phi) is 7.14. The van der Waals surface area contributed by atoms with Crippen LogP contribution in [0.1, 0.15) is 44.1 Å². The van der Waals surface area contributed by atoms with Crippen molar-refractivity contribution < 1.29 is 17.9 Å². The van der Waals surface area contributed by atoms with Crippen molar-refractivity contribution in [3.63, 3.8) is 0 Å². The van der Waals surface area contributed by atoms with E-state index in [0.717, 1.165) is 43.7 Å². The van der Waals surface area contributed by atoms with Crippen molar-refractivity contribution in [1.82, 2.24) is 4.90 Å². The Bertz CT molecular complexity index is 678. The van der Waals surface area contributed by atoms with Crippen LogP contribution in [0, 0.1) is 0 Å². The largest absolute Gasteiger partial charge is 0.494 e. The first-order valence-corrected chi connectivity index (χ1v) is 11.7. The van der Waals surface area contributed by atoms with Crippen LogP contribution < -0.4 is 9.88 Å². The van der Waals surface area contributed by atoms with Gasteiger partial charge >= 0.3 is 0 Å². The molecule has 7 heteroatoms. The van der Waals surface area contributed by atoms with Crippen molar-refractivity contribution in [2.45, 2.75) is 43.9 Å². The normalized spacial score (nSPS) is 20.6. The van der Waals surface area contributed by atoms with Gasteiger partial charge in [-0.3, -0.25) is 0 Å². The van der Waals surface area contributed by atoms with E-state index in [1.807, 2.05) is 12.1 Å². The van der Waals surface area contributed by atoms with Crippen molar-refractivity contribution in [2.75, 3.05) is 45.2 Å². The molecule has 27 heavy (non-hydrogen) atoms. The molecule has 0 aliphatic carbocycles. The van der Waals surface area contributed by atoms with Crippen LogP contribution in [0.3, 0.4) is 0 Å². The fourth-order valence-electron chi connectivity index (χ4n) is 4.17. The van der Waals surface area contributed by atoms with Crippen LogP contribution in [0.2, 0.25) is 0 Å². The smallest absolute Gasteiger partial charge is 0.209 e. The molecule has 152 valence electrons. The Morgan fingerprint density at radius 1 is 1.11 bits per heavy atom. The third-order valence-electron chi connectivity index (χ3n) is 5.87. The topological polar surface area (TPSA) is 81.9 Å². The van der Waals surface area contributed by atoms with Crippen LogP contribution >= 0.6 is 0 Å². The molecule has 0 atom stereocenters. The Hall–Kier alpha value is -1.15. The van der Waals surface area contributed by atoms with Gasteiger partial charge in [0.05, 0.1) is 12.4 Å². The van der Waals surface area contributed by atoms with E-state index in [1.54, 1.807) is 0 Å². The number of ether oxygens (including phenoxy) is 2. The second kappa shape index (κ2) is 9.37. The number of benzene rings is 1. The molecule has 2 aliphatic rings. The quantitative estimate of drug-likeness (QED) is 0.648. The zero-order valence-corrected chi connectivity index (χ0v) is 16.9. The summed E-state index contributed by atoms with van der Waals surface area (Å²) in [5.41, 5.74) is 0.970. The highest BCUT2D eigenvalue weighted by Gasteiger charge is 2.35. The Morgan fingerprint density at radius 2 is 1.78 bits per heavy atom. The van der Waals surface area contributed by atoms with Crippen molar-refractivity contribution in [2.24, 2.45) is 5.14 Å². The first-order chi connectivity index (χ1) is 13.0. The lowest BCUT2D eigenvalue weighted by atomic mass is 9.72. The molecule has 0 aromatic heterocycles. The third-order valence-corrected chi connectivity index (χ3v) is 6.64. The lowest BCUT2D eigenvalue weighted by Crippen LogP contribution is -2.36. The van der Waals surface area contributed by atoms with Crippen LogP contribution in [0.15, 0.2) is 24.3 Å². The van der Waals surface area contributed by atoms with Gasteiger partial charge < -0.3 is 14.4 Å². The van der Waals surface area contributed by atoms with Gasteiger partial charge in [0.2, 0.25) is 10.0 Å². The molecule has 3 rings (SSSR count). The summed E-state index contributed by atoms with van der Waals surface area (Å²) in [5.74, 6) is 0.871. The number of nitrogens with zero attached hydrogens (tertiary/aromatic N) is 1. The number of primary sulfonamides is 1. The van der Waals surface area contributed by atoms with Gasteiger partial charge in [0.25, 0.3) is 0 Å². The fourth-order valence-corrected chi connectivity index (χ4v) is 4.85. The Balaban J connectivity index is 1.55. The predicted octanol–water partition coefficient (Wildman–Crippen LogP) is 2.28. The minimum Gasteiger partial charge on any atom is -0.494 e. The molecule has 0 amide bonds. The van der Waals surface area contributed by atoms with Gasteiger partial charge in [0, 0.05) is 25.2 Å². The summed E-state index contributed by atoms with van der Waals surface area (Å²) in [6, 6.07) is 8.15. The molecule has 2 saturated heterocycles. The van der Waals surface area contributed by atoms with Crippen molar-refractivity contribution in [3.8, 4) is 5.75 Å². The highest BCUT2D eigenvalue weighted by molar-refractivity contribution is 7.89. The molecule has 1 aromatic rings. The van der Waals surface area contributed by atoms with E-state index in [9.17, 15) is 8.42 Å². The van der Waals surface area contributed by atoms with Gasteiger partial charge in [-0.2, -0.15) is 0 Å². The summed E-state index contributed by atoms with van der Waals surface area (Å²) >= 11 is 0. The highest BCUT2D eigenvalue weighted by atomic mass is 32.2. The molecule has 2 aliphatic heterocycles. The number of likely N-dealkylation sites (tertiary alicyclic amines) is 1. The molecule has 2 N–H and O–H groups in total. The summed E-state index contributed by atoms with van der Waals surface area (Å²) in [5, 5.41) is 5.24. The van der Waals surface area contributed by atoms with Gasteiger partial charge in [0.15, 0.2) is 0 Å². The van der Waals surface area contributed by atoms with E-state index in [1.165, 1.54) is 25.9 Å². The van der Waals surface area contributed by atoms with Crippen molar-refractivity contribution >= 4 is 10.0 Å². The molecule has 0 radical (unpaired) electrons. The minimum atomic E-state index is -3.47. The number of sulfonamides is 1. The van der Waals surface area contributed by atoms with E-state index >= 15 is 0 Å². The van der Waals surface area contributed by atoms with Crippen LogP contribution in [-0.2, 0) is 20.2 Å². The molecule has 0 unspecified atom stereocenters. The molecule has 0 bridgehead atoms. The van der Waals surface area contributed by atoms with Gasteiger partial charge in [-0.25, -0.2) is 13.6 Å². The van der Waals surface area contributed by atoms with Gasteiger partial charge in [-0.15, -0.1) is 0 Å². The molecular formula is C20H32N2O4S. The van der Waals surface area contributed by atoms with Crippen LogP contribution in [0.4, 0.5) is 0 Å². The SMILES string of the molecule is NS(=O)(=O)CCC1(c2ccc(OCCCN3CCCC3)cc2)CCOCC1. The summed E-state index contributed by atoms with van der Waals surface area (Å²) in [4.78, 5) is 2.49. The molecule has 1 aromatic carbocycles. The number of hydrogen-bond acceptors (Lipinski definition) is 5. The Morgan fingerprint density at radius 3 is 2.41 bits per heavy atom. The van der Waals surface area contributed by atoms with Crippen LogP contribution in [0.25, 0.3) is 0 Å². The zero-order valence-electron chi connectivity index (χ0n) is 16.1. The van der Waals surface area contributed by atoms with E-state index in [2.05, 4.69) is 17.0 Å². The molecule has 0 spiro atoms. The summed E-state index contributed by atoms with van der Waals surface area (Å²) < 4.78 is 34.3. The van der Waals surface area contributed by atoms with E-state index in [0.29, 0.717) is 19.6 Å². The average Bonchev–Trinajstić information content (AvgIpc) is 3.18. The van der Waals surface area contributed by atoms with E-state index in [4.69, 9.17) is 14.6 Å². The molecule has 2 heterocycles. The molecular weight excluding hydrogens is 364 g/mol. The zero-order chi connectivity index (χ0) is 19.2. The average molecular weight is 397 g/mol. The van der Waals surface area contributed by atoms with E-state index in [-0.39, 0.29) is 11.2 Å². The monoisotopic (exact) mass is 396 g/mol. The van der Waals surface area contributed by atoms with Gasteiger partial charge in [-0.1, -0.05) is 12.1 Å². The number of hydrogen-bond donors (Lipinski definition) is 1. The maximum Gasteiger partial charge on any atom is 0.209 e. The first kappa shape index (κ1) is 20.6. The lowest BCUT2D eigenvalue weighted by Gasteiger charge is -2.37. The van der Waals surface area contributed by atoms with Crippen molar-refractivity contribution in [1.29, 1.82) is 0 Å². The maximum atomic E-state index is 11.5. The number of nitrogens with two attached hydrogens (primary N) is 1. The first-order valence-electron chi connectivity index (χ1n) is 10.0. The lowest BCUT2D eigenvalue weighted by molar-refractivity contribution is 0.0488. The van der Waals surface area contributed by atoms with Crippen molar-refractivity contribution in [3.05, 3.63) is 29.8 Å². The minimum absolute atomic E-state index is 0.00174. The molecule has 0 saturated carbocycles. The van der Waals surface area contributed by atoms with Gasteiger partial charge in [0.1, 0.15) is 5.75 Å². The van der Waals surface area contributed by atoms with E-state index < -0.39 is 10.0 Å². The maximum absolute atomic E-state index is 11.5. The summed E-state index contributed by atoms with van der Waals surface area (Å²) in [6.45, 7) is 5.58. The fraction of sp³-hybridized carbons (Fsp3) is 0.700.